The van der Waals surface area contributed by atoms with Crippen molar-refractivity contribution in [1.29, 1.82) is 0 Å². The maximum Gasteiger partial charge on any atom is 0.416 e. The lowest BCUT2D eigenvalue weighted by Gasteiger charge is -2.09. The lowest BCUT2D eigenvalue weighted by molar-refractivity contribution is -0.137. The fourth-order valence-corrected chi connectivity index (χ4v) is 2.19. The van der Waals surface area contributed by atoms with E-state index in [1.54, 1.807) is 30.6 Å². The summed E-state index contributed by atoms with van der Waals surface area (Å²) >= 11 is 0. The van der Waals surface area contributed by atoms with E-state index in [0.29, 0.717) is 18.2 Å². The van der Waals surface area contributed by atoms with Crippen molar-refractivity contribution in [1.82, 2.24) is 9.97 Å². The summed E-state index contributed by atoms with van der Waals surface area (Å²) in [6.07, 6.45) is 0.305. The van der Waals surface area contributed by atoms with Gasteiger partial charge in [-0.15, -0.1) is 0 Å². The molecule has 138 valence electrons. The number of nitrogens with one attached hydrogen (secondary N) is 1. The lowest BCUT2D eigenvalue weighted by atomic mass is 10.1. The first-order valence-corrected chi connectivity index (χ1v) is 7.88. The Bertz CT molecular complexity index is 896. The standard InChI is InChI=1S/C19H14F3N3O2/c20-19(21,22)15-5-3-14(4-6-15)18(26)25-16-7-8-17(24-11-16)27-12-13-2-1-9-23-10-13/h1-11H,12H2,(H,25,26). The molecule has 0 spiro atoms. The number of rotatable bonds is 5. The van der Waals surface area contributed by atoms with Gasteiger partial charge >= 0.3 is 6.18 Å². The number of aromatic nitrogens is 2. The third kappa shape index (κ3) is 5.04. The number of pyridine rings is 2. The molecule has 2 heterocycles. The minimum absolute atomic E-state index is 0.111. The SMILES string of the molecule is O=C(Nc1ccc(OCc2cccnc2)nc1)c1ccc(C(F)(F)F)cc1. The Balaban J connectivity index is 1.58. The third-order valence-electron chi connectivity index (χ3n) is 3.58. The molecular formula is C19H14F3N3O2. The maximum atomic E-state index is 12.6. The first-order valence-electron chi connectivity index (χ1n) is 7.88. The van der Waals surface area contributed by atoms with Crippen LogP contribution in [0.15, 0.2) is 67.1 Å². The van der Waals surface area contributed by atoms with Gasteiger partial charge < -0.3 is 10.1 Å². The molecule has 3 aromatic rings. The minimum Gasteiger partial charge on any atom is -0.473 e. The molecule has 0 atom stereocenters. The molecule has 1 N–H and O–H groups in total. The second-order valence-electron chi connectivity index (χ2n) is 5.56. The van der Waals surface area contributed by atoms with E-state index < -0.39 is 17.6 Å². The summed E-state index contributed by atoms with van der Waals surface area (Å²) in [6.45, 7) is 0.304. The van der Waals surface area contributed by atoms with Crippen LogP contribution in [0, 0.1) is 0 Å². The molecule has 1 aromatic carbocycles. The summed E-state index contributed by atoms with van der Waals surface area (Å²) in [5.74, 6) is -0.166. The van der Waals surface area contributed by atoms with Gasteiger partial charge in [0.25, 0.3) is 5.91 Å². The number of hydrogen-bond acceptors (Lipinski definition) is 4. The zero-order chi connectivity index (χ0) is 19.3. The molecule has 0 aliphatic heterocycles. The quantitative estimate of drug-likeness (QED) is 0.723. The number of halogens is 3. The van der Waals surface area contributed by atoms with E-state index in [2.05, 4.69) is 15.3 Å². The number of benzene rings is 1. The Kier molecular flexibility index (Phi) is 5.35. The number of anilines is 1. The van der Waals surface area contributed by atoms with E-state index in [1.165, 1.54) is 6.20 Å². The summed E-state index contributed by atoms with van der Waals surface area (Å²) in [7, 11) is 0. The van der Waals surface area contributed by atoms with Crippen LogP contribution in [0.2, 0.25) is 0 Å². The number of carbonyl (C=O) groups excluding carboxylic acids is 1. The van der Waals surface area contributed by atoms with Crippen molar-refractivity contribution in [3.8, 4) is 5.88 Å². The van der Waals surface area contributed by atoms with Crippen molar-refractivity contribution in [2.45, 2.75) is 12.8 Å². The first kappa shape index (κ1) is 18.4. The predicted octanol–water partition coefficient (Wildman–Crippen LogP) is 4.33. The molecule has 0 aliphatic rings. The van der Waals surface area contributed by atoms with Gasteiger partial charge in [0.1, 0.15) is 6.61 Å². The molecular weight excluding hydrogens is 359 g/mol. The van der Waals surface area contributed by atoms with E-state index >= 15 is 0 Å². The summed E-state index contributed by atoms with van der Waals surface area (Å²) in [5.41, 5.74) is 0.586. The number of nitrogens with zero attached hydrogens (tertiary/aromatic N) is 2. The van der Waals surface area contributed by atoms with E-state index in [0.717, 1.165) is 29.8 Å². The van der Waals surface area contributed by atoms with E-state index in [4.69, 9.17) is 4.74 Å². The number of carbonyl (C=O) groups is 1. The number of alkyl halides is 3. The van der Waals surface area contributed by atoms with Crippen LogP contribution in [-0.2, 0) is 12.8 Å². The van der Waals surface area contributed by atoms with Crippen LogP contribution in [0.5, 0.6) is 5.88 Å². The molecule has 5 nitrogen and oxygen atoms in total. The Morgan fingerprint density at radius 2 is 1.81 bits per heavy atom. The van der Waals surface area contributed by atoms with Gasteiger partial charge in [-0.2, -0.15) is 13.2 Å². The Hall–Kier alpha value is -3.42. The van der Waals surface area contributed by atoms with Gasteiger partial charge in [0.05, 0.1) is 17.4 Å². The Labute approximate surface area is 152 Å². The highest BCUT2D eigenvalue weighted by Gasteiger charge is 2.30. The molecule has 0 unspecified atom stereocenters. The highest BCUT2D eigenvalue weighted by molar-refractivity contribution is 6.04. The average molecular weight is 373 g/mol. The van der Waals surface area contributed by atoms with E-state index in [-0.39, 0.29) is 5.56 Å². The monoisotopic (exact) mass is 373 g/mol. The number of amides is 1. The summed E-state index contributed by atoms with van der Waals surface area (Å²) in [5, 5.41) is 2.57. The Morgan fingerprint density at radius 1 is 1.04 bits per heavy atom. The van der Waals surface area contributed by atoms with Crippen LogP contribution in [0.25, 0.3) is 0 Å². The third-order valence-corrected chi connectivity index (χ3v) is 3.58. The average Bonchev–Trinajstić information content (AvgIpc) is 2.68. The van der Waals surface area contributed by atoms with E-state index in [1.807, 2.05) is 6.07 Å². The molecule has 2 aromatic heterocycles. The first-order chi connectivity index (χ1) is 12.9. The van der Waals surface area contributed by atoms with Crippen molar-refractivity contribution in [2.75, 3.05) is 5.32 Å². The van der Waals surface area contributed by atoms with Crippen molar-refractivity contribution in [3.05, 3.63) is 83.8 Å². The van der Waals surface area contributed by atoms with Gasteiger partial charge in [-0.05, 0) is 36.4 Å². The number of ether oxygens (including phenoxy) is 1. The van der Waals surface area contributed by atoms with Crippen LogP contribution < -0.4 is 10.1 Å². The van der Waals surface area contributed by atoms with Crippen LogP contribution in [-0.4, -0.2) is 15.9 Å². The smallest absolute Gasteiger partial charge is 0.416 e. The van der Waals surface area contributed by atoms with Crippen molar-refractivity contribution in [2.24, 2.45) is 0 Å². The molecule has 3 rings (SSSR count). The minimum atomic E-state index is -4.44. The molecule has 0 saturated heterocycles. The van der Waals surface area contributed by atoms with Gasteiger partial charge in [-0.25, -0.2) is 4.98 Å². The normalized spacial score (nSPS) is 11.1. The van der Waals surface area contributed by atoms with Gasteiger partial charge in [0.2, 0.25) is 5.88 Å². The topological polar surface area (TPSA) is 64.1 Å². The lowest BCUT2D eigenvalue weighted by Crippen LogP contribution is -2.13. The molecule has 0 bridgehead atoms. The zero-order valence-corrected chi connectivity index (χ0v) is 13.9. The van der Waals surface area contributed by atoms with Crippen molar-refractivity contribution < 1.29 is 22.7 Å². The van der Waals surface area contributed by atoms with Gasteiger partial charge in [0.15, 0.2) is 0 Å². The largest absolute Gasteiger partial charge is 0.473 e. The summed E-state index contributed by atoms with van der Waals surface area (Å²) < 4.78 is 43.2. The van der Waals surface area contributed by atoms with Crippen molar-refractivity contribution in [3.63, 3.8) is 0 Å². The summed E-state index contributed by atoms with van der Waals surface area (Å²) in [6, 6.07) is 10.8. The van der Waals surface area contributed by atoms with E-state index in [9.17, 15) is 18.0 Å². The second-order valence-corrected chi connectivity index (χ2v) is 5.56. The highest BCUT2D eigenvalue weighted by atomic mass is 19.4. The second kappa shape index (κ2) is 7.86. The van der Waals surface area contributed by atoms with Crippen molar-refractivity contribution >= 4 is 11.6 Å². The molecule has 1 amide bonds. The fourth-order valence-electron chi connectivity index (χ4n) is 2.19. The molecule has 0 radical (unpaired) electrons. The maximum absolute atomic E-state index is 12.6. The summed E-state index contributed by atoms with van der Waals surface area (Å²) in [4.78, 5) is 20.2. The highest BCUT2D eigenvalue weighted by Crippen LogP contribution is 2.29. The van der Waals surface area contributed by atoms with Gasteiger partial charge in [-0.3, -0.25) is 9.78 Å². The molecule has 0 saturated carbocycles. The van der Waals surface area contributed by atoms with Crippen LogP contribution in [0.3, 0.4) is 0 Å². The molecule has 0 fully saturated rings. The van der Waals surface area contributed by atoms with Crippen LogP contribution in [0.4, 0.5) is 18.9 Å². The van der Waals surface area contributed by atoms with Gasteiger partial charge in [0, 0.05) is 29.6 Å². The fraction of sp³-hybridized carbons (Fsp3) is 0.105. The Morgan fingerprint density at radius 3 is 2.41 bits per heavy atom. The van der Waals surface area contributed by atoms with Crippen LogP contribution in [0.1, 0.15) is 21.5 Å². The predicted molar refractivity (Wildman–Crippen MR) is 92.2 cm³/mol. The molecule has 0 aliphatic carbocycles. The van der Waals surface area contributed by atoms with Gasteiger partial charge in [-0.1, -0.05) is 6.07 Å². The number of hydrogen-bond donors (Lipinski definition) is 1. The van der Waals surface area contributed by atoms with Crippen LogP contribution >= 0.6 is 0 Å². The molecule has 8 heteroatoms. The molecule has 27 heavy (non-hydrogen) atoms. The zero-order valence-electron chi connectivity index (χ0n) is 13.9.